The molecule has 0 bridgehead atoms. The van der Waals surface area contributed by atoms with Crippen LogP contribution in [0.5, 0.6) is 0 Å². The van der Waals surface area contributed by atoms with Gasteiger partial charge in [0.2, 0.25) is 11.8 Å². The minimum absolute atomic E-state index is 0.0410. The van der Waals surface area contributed by atoms with Crippen LogP contribution in [0, 0.1) is 24.7 Å². The van der Waals surface area contributed by atoms with E-state index in [1.807, 2.05) is 6.92 Å². The topological polar surface area (TPSA) is 151 Å². The van der Waals surface area contributed by atoms with Crippen molar-refractivity contribution in [1.29, 1.82) is 0 Å². The van der Waals surface area contributed by atoms with Crippen molar-refractivity contribution in [3.05, 3.63) is 11.6 Å². The van der Waals surface area contributed by atoms with Gasteiger partial charge < -0.3 is 30.2 Å². The van der Waals surface area contributed by atoms with E-state index in [1.165, 1.54) is 5.71 Å². The molecule has 246 valence electrons. The number of halogens is 1. The number of aryl methyl sites for hydroxylation is 1. The van der Waals surface area contributed by atoms with E-state index >= 15 is 0 Å². The number of aromatic nitrogens is 3. The van der Waals surface area contributed by atoms with Gasteiger partial charge in [0.25, 0.3) is 0 Å². The van der Waals surface area contributed by atoms with Gasteiger partial charge in [-0.3, -0.25) is 14.6 Å². The van der Waals surface area contributed by atoms with Crippen molar-refractivity contribution in [3.8, 4) is 0 Å². The molecule has 7 atom stereocenters. The summed E-state index contributed by atoms with van der Waals surface area (Å²) >= 11 is 6.48. The van der Waals surface area contributed by atoms with Gasteiger partial charge in [-0.05, 0) is 96.3 Å². The smallest absolute Gasteiger partial charge is 0.223 e. The van der Waals surface area contributed by atoms with Crippen molar-refractivity contribution in [2.75, 3.05) is 20.2 Å². The molecule has 3 aliphatic carbocycles. The fraction of sp³-hybridized carbons (Fsp3) is 0.844. The van der Waals surface area contributed by atoms with E-state index in [-0.39, 0.29) is 53.6 Å². The molecule has 1 aromatic rings. The highest BCUT2D eigenvalue weighted by atomic mass is 35.5. The molecule has 12 heteroatoms. The predicted molar refractivity (Wildman–Crippen MR) is 168 cm³/mol. The number of methoxy groups -OCH3 is 1. The predicted octanol–water partition coefficient (Wildman–Crippen LogP) is 3.55. The molecule has 0 aromatic carbocycles. The first-order chi connectivity index (χ1) is 21.2. The Bertz CT molecular complexity index is 1150. The van der Waals surface area contributed by atoms with Gasteiger partial charge in [-0.2, -0.15) is 0 Å². The third kappa shape index (κ3) is 8.00. The van der Waals surface area contributed by atoms with Crippen molar-refractivity contribution >= 4 is 29.1 Å². The number of nitrogens with one attached hydrogen (secondary N) is 2. The molecule has 1 aliphatic heterocycles. The van der Waals surface area contributed by atoms with E-state index < -0.39 is 12.2 Å². The van der Waals surface area contributed by atoms with Crippen molar-refractivity contribution in [3.63, 3.8) is 0 Å². The molecule has 0 spiro atoms. The van der Waals surface area contributed by atoms with E-state index in [0.29, 0.717) is 38.3 Å². The molecule has 5 rings (SSSR count). The Balaban J connectivity index is 1.15. The summed E-state index contributed by atoms with van der Waals surface area (Å²) in [5.41, 5.74) is 1.23. The quantitative estimate of drug-likeness (QED) is 0.215. The van der Waals surface area contributed by atoms with Crippen LogP contribution >= 0.6 is 11.6 Å². The average Bonchev–Trinajstić information content (AvgIpc) is 3.34. The molecule has 6 unspecified atom stereocenters. The summed E-state index contributed by atoms with van der Waals surface area (Å²) in [4.78, 5) is 31.0. The van der Waals surface area contributed by atoms with Crippen LogP contribution in [0.1, 0.15) is 114 Å². The minimum atomic E-state index is -0.822. The Kier molecular flexibility index (Phi) is 11.7. The second-order valence-corrected chi connectivity index (χ2v) is 14.0. The lowest BCUT2D eigenvalue weighted by atomic mass is 9.72. The van der Waals surface area contributed by atoms with Crippen molar-refractivity contribution in [2.45, 2.75) is 133 Å². The van der Waals surface area contributed by atoms with Gasteiger partial charge in [0.1, 0.15) is 11.9 Å². The Morgan fingerprint density at radius 2 is 1.68 bits per heavy atom. The maximum absolute atomic E-state index is 13.2. The number of hydrogen-bond donors (Lipinski definition) is 4. The average molecular weight is 635 g/mol. The zero-order valence-corrected chi connectivity index (χ0v) is 27.1. The van der Waals surface area contributed by atoms with Gasteiger partial charge in [-0.1, -0.05) is 0 Å². The van der Waals surface area contributed by atoms with Crippen LogP contribution in [0.2, 0.25) is 0 Å². The van der Waals surface area contributed by atoms with E-state index in [4.69, 9.17) is 21.3 Å². The summed E-state index contributed by atoms with van der Waals surface area (Å²) in [6.07, 6.45) is 9.67. The van der Waals surface area contributed by atoms with Crippen LogP contribution in [-0.4, -0.2) is 86.4 Å². The highest BCUT2D eigenvalue weighted by Gasteiger charge is 2.43. The van der Waals surface area contributed by atoms with Crippen LogP contribution in [0.25, 0.3) is 0 Å². The molecular weight excluding hydrogens is 584 g/mol. The number of hydrogen-bond acceptors (Lipinski definition) is 8. The number of fused-ring (bicyclic) bond motifs is 3. The van der Waals surface area contributed by atoms with Crippen LogP contribution in [-0.2, 0) is 14.3 Å². The molecule has 1 aromatic heterocycles. The lowest BCUT2D eigenvalue weighted by Crippen LogP contribution is -2.40. The number of carbonyl (C=O) groups excluding carboxylic acids is 2. The highest BCUT2D eigenvalue weighted by molar-refractivity contribution is 6.20. The van der Waals surface area contributed by atoms with Crippen LogP contribution in [0.15, 0.2) is 4.99 Å². The van der Waals surface area contributed by atoms with E-state index in [1.54, 1.807) is 7.11 Å². The zero-order valence-electron chi connectivity index (χ0n) is 26.3. The Morgan fingerprint density at radius 3 is 2.41 bits per heavy atom. The number of ether oxygens (including phenoxy) is 1. The Labute approximate surface area is 266 Å². The van der Waals surface area contributed by atoms with Gasteiger partial charge in [-0.25, -0.2) is 0 Å². The number of aliphatic hydroxyl groups is 2. The van der Waals surface area contributed by atoms with E-state index in [9.17, 15) is 19.8 Å². The van der Waals surface area contributed by atoms with Gasteiger partial charge in [0, 0.05) is 49.2 Å². The third-order valence-electron chi connectivity index (χ3n) is 10.4. The molecule has 0 radical (unpaired) electrons. The fourth-order valence-electron chi connectivity index (χ4n) is 7.83. The number of rotatable bonds is 11. The summed E-state index contributed by atoms with van der Waals surface area (Å²) < 4.78 is 8.10. The molecule has 3 saturated carbocycles. The first-order valence-corrected chi connectivity index (χ1v) is 17.2. The first kappa shape index (κ1) is 33.3. The van der Waals surface area contributed by atoms with Crippen LogP contribution < -0.4 is 10.6 Å². The lowest BCUT2D eigenvalue weighted by Gasteiger charge is -2.39. The van der Waals surface area contributed by atoms with Gasteiger partial charge >= 0.3 is 0 Å². The summed E-state index contributed by atoms with van der Waals surface area (Å²) in [6, 6.07) is -0.150. The molecule has 2 heterocycles. The maximum Gasteiger partial charge on any atom is 0.223 e. The number of unbranched alkanes of at least 4 members (excludes halogenated alkanes) is 2. The summed E-state index contributed by atoms with van der Waals surface area (Å²) in [5.74, 6) is 1.94. The normalized spacial score (nSPS) is 33.8. The summed E-state index contributed by atoms with van der Waals surface area (Å²) in [5, 5.41) is 34.8. The zero-order chi connectivity index (χ0) is 31.2. The summed E-state index contributed by atoms with van der Waals surface area (Å²) in [7, 11) is 1.80. The van der Waals surface area contributed by atoms with Crippen LogP contribution in [0.4, 0.5) is 0 Å². The molecule has 4 N–H and O–H groups in total. The molecule has 44 heavy (non-hydrogen) atoms. The van der Waals surface area contributed by atoms with Crippen LogP contribution in [0.3, 0.4) is 0 Å². The third-order valence-corrected chi connectivity index (χ3v) is 10.8. The van der Waals surface area contributed by atoms with Gasteiger partial charge in [0.15, 0.2) is 5.82 Å². The van der Waals surface area contributed by atoms with Crippen molar-refractivity contribution in [2.24, 2.45) is 22.7 Å². The first-order valence-electron chi connectivity index (χ1n) is 16.8. The number of carbonyl (C=O) groups is 2. The number of nitrogens with zero attached hydrogens (tertiary/aromatic N) is 4. The van der Waals surface area contributed by atoms with Gasteiger partial charge in [0.05, 0.1) is 24.7 Å². The number of amides is 2. The molecule has 0 saturated heterocycles. The SMILES string of the molecule is COC1CCC2C(C1)C(C1CCC(Cl)CC1)=N[C@@H](CC(=O)NCCCCCNC(=O)C1CCC(O)C(O)C1)c1nnc(C)n12. The fourth-order valence-corrected chi connectivity index (χ4v) is 8.09. The second kappa shape index (κ2) is 15.5. The maximum atomic E-state index is 13.2. The molecule has 3 fully saturated rings. The highest BCUT2D eigenvalue weighted by Crippen LogP contribution is 2.45. The largest absolute Gasteiger partial charge is 0.390 e. The second-order valence-electron chi connectivity index (χ2n) is 13.4. The lowest BCUT2D eigenvalue weighted by molar-refractivity contribution is -0.129. The number of aliphatic hydroxyl groups excluding tert-OH is 2. The van der Waals surface area contributed by atoms with E-state index in [0.717, 1.165) is 75.9 Å². The standard InChI is InChI=1S/C32H51ClN6O5/c1-19-37-38-31-25(18-29(42)34-14-4-3-5-15-35-32(43)21-8-13-27(40)28(41)16-21)36-30(20-6-9-22(33)10-7-20)24-17-23(44-2)11-12-26(24)39(19)31/h20-28,40-41H,3-18H2,1-2H3,(H,34,42)(H,35,43)/t20?,21?,22?,23?,24?,25-,26?,27?,28?/m0/s1. The van der Waals surface area contributed by atoms with Crippen molar-refractivity contribution in [1.82, 2.24) is 25.4 Å². The number of aliphatic imine (C=N–C) groups is 1. The number of alkyl halides is 1. The van der Waals surface area contributed by atoms with Crippen molar-refractivity contribution < 1.29 is 24.5 Å². The Hall–Kier alpha value is -2.08. The molecular formula is C32H51ClN6O5. The minimum Gasteiger partial charge on any atom is -0.390 e. The molecule has 11 nitrogen and oxygen atoms in total. The summed E-state index contributed by atoms with van der Waals surface area (Å²) in [6.45, 7) is 3.13. The van der Waals surface area contributed by atoms with E-state index in [2.05, 4.69) is 25.4 Å². The van der Waals surface area contributed by atoms with Gasteiger partial charge in [-0.15, -0.1) is 21.8 Å². The molecule has 2 amide bonds. The Morgan fingerprint density at radius 1 is 0.932 bits per heavy atom. The molecule has 4 aliphatic rings. The monoisotopic (exact) mass is 634 g/mol.